The van der Waals surface area contributed by atoms with Crippen LogP contribution in [0.2, 0.25) is 0 Å². The minimum atomic E-state index is -3.70. The lowest BCUT2D eigenvalue weighted by Crippen LogP contribution is -2.48. The number of benzene rings is 4. The van der Waals surface area contributed by atoms with E-state index in [-0.39, 0.29) is 29.9 Å². The smallest absolute Gasteiger partial charge is 0.251 e. The third kappa shape index (κ3) is 9.90. The van der Waals surface area contributed by atoms with Crippen molar-refractivity contribution in [2.75, 3.05) is 31.3 Å². The van der Waals surface area contributed by atoms with E-state index in [2.05, 4.69) is 16.0 Å². The zero-order valence-electron chi connectivity index (χ0n) is 26.1. The number of nitrogens with zero attached hydrogens (tertiary/aromatic N) is 1. The average Bonchev–Trinajstić information content (AvgIpc) is 3.06. The van der Waals surface area contributed by atoms with E-state index in [0.717, 1.165) is 33.0 Å². The number of methoxy groups -OCH3 is 1. The predicted molar refractivity (Wildman–Crippen MR) is 179 cm³/mol. The lowest BCUT2D eigenvalue weighted by atomic mass is 10.00. The van der Waals surface area contributed by atoms with E-state index in [9.17, 15) is 23.1 Å². The number of amides is 2. The molecule has 0 aliphatic rings. The number of aliphatic hydroxyl groups excluding tert-OH is 1. The highest BCUT2D eigenvalue weighted by Gasteiger charge is 2.24. The first-order valence-electron chi connectivity index (χ1n) is 14.8. The molecule has 46 heavy (non-hydrogen) atoms. The van der Waals surface area contributed by atoms with Crippen molar-refractivity contribution in [1.82, 2.24) is 16.0 Å². The zero-order valence-corrected chi connectivity index (χ0v) is 27.0. The summed E-state index contributed by atoms with van der Waals surface area (Å²) in [6.07, 6.45) is 0.395. The summed E-state index contributed by atoms with van der Waals surface area (Å²) in [7, 11) is -0.743. The number of nitrogens with one attached hydrogen (secondary N) is 3. The molecule has 10 nitrogen and oxygen atoms in total. The maximum absolute atomic E-state index is 13.7. The summed E-state index contributed by atoms with van der Waals surface area (Å²) < 4.78 is 31.1. The van der Waals surface area contributed by atoms with E-state index in [1.165, 1.54) is 25.2 Å². The van der Waals surface area contributed by atoms with E-state index >= 15 is 0 Å². The highest BCUT2D eigenvalue weighted by Crippen LogP contribution is 2.22. The van der Waals surface area contributed by atoms with E-state index in [0.29, 0.717) is 13.0 Å². The van der Waals surface area contributed by atoms with Crippen molar-refractivity contribution in [2.45, 2.75) is 31.7 Å². The van der Waals surface area contributed by atoms with Gasteiger partial charge < -0.3 is 25.8 Å². The zero-order chi connectivity index (χ0) is 33.1. The number of rotatable bonds is 15. The fraction of sp³-hybridized carbons (Fsp3) is 0.257. The van der Waals surface area contributed by atoms with Gasteiger partial charge >= 0.3 is 0 Å². The van der Waals surface area contributed by atoms with Gasteiger partial charge in [0.15, 0.2) is 0 Å². The summed E-state index contributed by atoms with van der Waals surface area (Å²) in [5, 5.41) is 20.3. The van der Waals surface area contributed by atoms with E-state index < -0.39 is 34.0 Å². The fourth-order valence-electron chi connectivity index (χ4n) is 4.82. The first kappa shape index (κ1) is 34.2. The topological polar surface area (TPSA) is 137 Å². The van der Waals surface area contributed by atoms with Crippen LogP contribution in [-0.4, -0.2) is 64.4 Å². The van der Waals surface area contributed by atoms with Crippen molar-refractivity contribution >= 4 is 27.5 Å². The molecule has 4 aromatic carbocycles. The van der Waals surface area contributed by atoms with Gasteiger partial charge in [0.1, 0.15) is 5.75 Å². The highest BCUT2D eigenvalue weighted by atomic mass is 32.2. The van der Waals surface area contributed by atoms with E-state index in [1.807, 2.05) is 84.9 Å². The number of hydrogen-bond donors (Lipinski definition) is 4. The van der Waals surface area contributed by atoms with Crippen LogP contribution >= 0.6 is 0 Å². The molecule has 0 heterocycles. The number of hydrogen-bond acceptors (Lipinski definition) is 7. The molecule has 2 atom stereocenters. The molecule has 4 aromatic rings. The molecule has 0 bridgehead atoms. The molecule has 0 aliphatic carbocycles. The van der Waals surface area contributed by atoms with Gasteiger partial charge in [0.25, 0.3) is 11.8 Å². The molecule has 0 aliphatic heterocycles. The van der Waals surface area contributed by atoms with Crippen LogP contribution < -0.4 is 25.0 Å². The van der Waals surface area contributed by atoms with Crippen molar-refractivity contribution in [3.8, 4) is 5.75 Å². The van der Waals surface area contributed by atoms with Crippen molar-refractivity contribution in [3.63, 3.8) is 0 Å². The third-order valence-corrected chi connectivity index (χ3v) is 8.70. The second kappa shape index (κ2) is 16.0. The second-order valence-electron chi connectivity index (χ2n) is 11.0. The standard InChI is InChI=1S/C35H40N4O6S/c1-39(46(3,43)44)30-20-28(34(41)37-23-26-13-8-5-9-14-26)19-29(21-30)35(42)38-32(18-25-11-6-4-7-12-25)33(40)24-36-22-27-15-10-16-31(17-27)45-2/h4-17,19-21,32-33,36,40H,18,22-24H2,1-3H3,(H,37,41)(H,38,42). The normalized spacial score (nSPS) is 12.5. The Morgan fingerprint density at radius 1 is 0.804 bits per heavy atom. The Balaban J connectivity index is 1.55. The van der Waals surface area contributed by atoms with E-state index in [4.69, 9.17) is 4.74 Å². The molecule has 0 spiro atoms. The predicted octanol–water partition coefficient (Wildman–Crippen LogP) is 3.51. The van der Waals surface area contributed by atoms with Crippen LogP contribution in [0, 0.1) is 0 Å². The number of carbonyl (C=O) groups excluding carboxylic acids is 2. The molecule has 11 heteroatoms. The first-order chi connectivity index (χ1) is 22.0. The minimum absolute atomic E-state index is 0.0764. The lowest BCUT2D eigenvalue weighted by Gasteiger charge is -2.25. The molecule has 2 unspecified atom stereocenters. The number of carbonyl (C=O) groups is 2. The quantitative estimate of drug-likeness (QED) is 0.156. The Hall–Kier alpha value is -4.71. The third-order valence-electron chi connectivity index (χ3n) is 7.50. The Kier molecular flexibility index (Phi) is 11.9. The van der Waals surface area contributed by atoms with Gasteiger partial charge in [0, 0.05) is 37.8 Å². The van der Waals surface area contributed by atoms with Crippen molar-refractivity contribution in [3.05, 3.63) is 131 Å². The SMILES string of the molecule is COc1cccc(CNCC(O)C(Cc2ccccc2)NC(=O)c2cc(C(=O)NCc3ccccc3)cc(N(C)S(C)(=O)=O)c2)c1. The van der Waals surface area contributed by atoms with Crippen molar-refractivity contribution in [2.24, 2.45) is 0 Å². The molecule has 0 aromatic heterocycles. The summed E-state index contributed by atoms with van der Waals surface area (Å²) in [6, 6.07) is 29.9. The van der Waals surface area contributed by atoms with Gasteiger partial charge in [-0.05, 0) is 53.4 Å². The highest BCUT2D eigenvalue weighted by molar-refractivity contribution is 7.92. The van der Waals surface area contributed by atoms with Crippen LogP contribution in [0.15, 0.2) is 103 Å². The van der Waals surface area contributed by atoms with Gasteiger partial charge in [0.05, 0.1) is 31.2 Å². The van der Waals surface area contributed by atoms with Gasteiger partial charge in [-0.2, -0.15) is 0 Å². The molecule has 0 fully saturated rings. The van der Waals surface area contributed by atoms with Crippen LogP contribution in [0.1, 0.15) is 37.4 Å². The van der Waals surface area contributed by atoms with Gasteiger partial charge in [-0.3, -0.25) is 13.9 Å². The van der Waals surface area contributed by atoms with Crippen molar-refractivity contribution in [1.29, 1.82) is 0 Å². The number of sulfonamides is 1. The van der Waals surface area contributed by atoms with Crippen LogP contribution in [0.25, 0.3) is 0 Å². The summed E-state index contributed by atoms with van der Waals surface area (Å²) >= 11 is 0. The maximum atomic E-state index is 13.7. The monoisotopic (exact) mass is 644 g/mol. The number of aliphatic hydroxyl groups is 1. The molecule has 4 rings (SSSR count). The molecule has 0 saturated carbocycles. The Morgan fingerprint density at radius 2 is 1.41 bits per heavy atom. The minimum Gasteiger partial charge on any atom is -0.497 e. The molecule has 4 N–H and O–H groups in total. The van der Waals surface area contributed by atoms with Crippen molar-refractivity contribution < 1.29 is 27.9 Å². The summed E-state index contributed by atoms with van der Waals surface area (Å²) in [4.78, 5) is 26.9. The molecular weight excluding hydrogens is 604 g/mol. The Bertz CT molecular complexity index is 1720. The summed E-state index contributed by atoms with van der Waals surface area (Å²) in [5.41, 5.74) is 3.11. The second-order valence-corrected chi connectivity index (χ2v) is 13.0. The largest absolute Gasteiger partial charge is 0.497 e. The summed E-state index contributed by atoms with van der Waals surface area (Å²) in [6.45, 7) is 0.905. The molecule has 0 radical (unpaired) electrons. The summed E-state index contributed by atoms with van der Waals surface area (Å²) in [5.74, 6) is -0.302. The number of ether oxygens (including phenoxy) is 1. The Labute approximate surface area is 270 Å². The molecule has 0 saturated heterocycles. The molecule has 242 valence electrons. The maximum Gasteiger partial charge on any atom is 0.251 e. The van der Waals surface area contributed by atoms with E-state index in [1.54, 1.807) is 7.11 Å². The molecule has 2 amide bonds. The fourth-order valence-corrected chi connectivity index (χ4v) is 5.31. The molecular formula is C35H40N4O6S. The van der Waals surface area contributed by atoms with Gasteiger partial charge in [-0.1, -0.05) is 72.8 Å². The lowest BCUT2D eigenvalue weighted by molar-refractivity contribution is 0.0830. The van der Waals surface area contributed by atoms with Gasteiger partial charge in [-0.15, -0.1) is 0 Å². The average molecular weight is 645 g/mol. The van der Waals surface area contributed by atoms with Crippen LogP contribution in [0.5, 0.6) is 5.75 Å². The van der Waals surface area contributed by atoms with Gasteiger partial charge in [-0.25, -0.2) is 8.42 Å². The van der Waals surface area contributed by atoms with Gasteiger partial charge in [0.2, 0.25) is 10.0 Å². The number of anilines is 1. The Morgan fingerprint density at radius 3 is 2.04 bits per heavy atom. The van der Waals surface area contributed by atoms with Crippen LogP contribution in [-0.2, 0) is 29.5 Å². The van der Waals surface area contributed by atoms with Crippen LogP contribution in [0.4, 0.5) is 5.69 Å². The van der Waals surface area contributed by atoms with Crippen LogP contribution in [0.3, 0.4) is 0 Å². The first-order valence-corrected chi connectivity index (χ1v) is 16.7.